The highest BCUT2D eigenvalue weighted by Gasteiger charge is 2.13. The molecule has 0 spiro atoms. The van der Waals surface area contributed by atoms with E-state index in [0.717, 1.165) is 39.2 Å². The summed E-state index contributed by atoms with van der Waals surface area (Å²) in [4.78, 5) is 13.3. The van der Waals surface area contributed by atoms with Crippen LogP contribution in [0.4, 0.5) is 5.82 Å². The number of anilines is 1. The van der Waals surface area contributed by atoms with Crippen molar-refractivity contribution in [3.05, 3.63) is 59.9 Å². The second-order valence-corrected chi connectivity index (χ2v) is 6.31. The lowest BCUT2D eigenvalue weighted by Gasteiger charge is -2.12. The number of aromatic nitrogens is 4. The predicted octanol–water partition coefficient (Wildman–Crippen LogP) is 3.92. The van der Waals surface area contributed by atoms with Crippen molar-refractivity contribution in [2.45, 2.75) is 20.4 Å². The average molecular weight is 361 g/mol. The van der Waals surface area contributed by atoms with Gasteiger partial charge in [-0.25, -0.2) is 9.97 Å². The van der Waals surface area contributed by atoms with Crippen molar-refractivity contribution in [2.24, 2.45) is 0 Å². The third-order valence-corrected chi connectivity index (χ3v) is 4.24. The Labute approximate surface area is 156 Å². The first-order valence-electron chi connectivity index (χ1n) is 8.56. The molecule has 0 unspecified atom stereocenters. The van der Waals surface area contributed by atoms with Gasteiger partial charge in [0.2, 0.25) is 0 Å². The molecule has 0 aliphatic rings. The van der Waals surface area contributed by atoms with Crippen LogP contribution in [0.15, 0.2) is 47.4 Å². The van der Waals surface area contributed by atoms with Gasteiger partial charge < -0.3 is 14.6 Å². The quantitative estimate of drug-likeness (QED) is 0.576. The van der Waals surface area contributed by atoms with Crippen molar-refractivity contribution in [1.29, 1.82) is 0 Å². The number of aryl methyl sites for hydroxylation is 2. The number of methoxy groups -OCH3 is 1. The molecule has 0 aliphatic carbocycles. The van der Waals surface area contributed by atoms with Gasteiger partial charge in [-0.1, -0.05) is 11.2 Å². The van der Waals surface area contributed by atoms with Crippen molar-refractivity contribution < 1.29 is 9.26 Å². The minimum Gasteiger partial charge on any atom is -0.494 e. The number of fused-ring (bicyclic) bond motifs is 1. The van der Waals surface area contributed by atoms with Crippen LogP contribution >= 0.6 is 0 Å². The normalized spacial score (nSPS) is 10.9. The summed E-state index contributed by atoms with van der Waals surface area (Å²) < 4.78 is 10.8. The average Bonchev–Trinajstić information content (AvgIpc) is 3.11. The van der Waals surface area contributed by atoms with Crippen LogP contribution in [0.25, 0.3) is 22.2 Å². The Bertz CT molecular complexity index is 1090. The van der Waals surface area contributed by atoms with Crippen LogP contribution in [0.2, 0.25) is 0 Å². The highest BCUT2D eigenvalue weighted by atomic mass is 16.5. The van der Waals surface area contributed by atoms with E-state index in [4.69, 9.17) is 9.26 Å². The Morgan fingerprint density at radius 3 is 2.67 bits per heavy atom. The van der Waals surface area contributed by atoms with Crippen molar-refractivity contribution >= 4 is 16.7 Å². The molecule has 3 heterocycles. The zero-order chi connectivity index (χ0) is 18.8. The molecule has 27 heavy (non-hydrogen) atoms. The summed E-state index contributed by atoms with van der Waals surface area (Å²) >= 11 is 0. The summed E-state index contributed by atoms with van der Waals surface area (Å²) in [5, 5.41) is 8.05. The van der Waals surface area contributed by atoms with Crippen LogP contribution in [0.1, 0.15) is 17.0 Å². The van der Waals surface area contributed by atoms with E-state index in [1.165, 1.54) is 6.33 Å². The van der Waals surface area contributed by atoms with E-state index in [0.29, 0.717) is 18.1 Å². The van der Waals surface area contributed by atoms with Crippen LogP contribution in [0.3, 0.4) is 0 Å². The first-order chi connectivity index (χ1) is 13.1. The van der Waals surface area contributed by atoms with Gasteiger partial charge in [0.25, 0.3) is 0 Å². The molecule has 4 rings (SSSR count). The number of nitrogens with one attached hydrogen (secondary N) is 1. The monoisotopic (exact) mass is 361 g/mol. The van der Waals surface area contributed by atoms with Gasteiger partial charge in [0.05, 0.1) is 25.0 Å². The van der Waals surface area contributed by atoms with E-state index in [9.17, 15) is 0 Å². The molecule has 0 fully saturated rings. The van der Waals surface area contributed by atoms with Gasteiger partial charge in [0.1, 0.15) is 23.4 Å². The van der Waals surface area contributed by atoms with Crippen molar-refractivity contribution in [3.8, 4) is 17.0 Å². The number of hydrogen-bond acceptors (Lipinski definition) is 7. The maximum Gasteiger partial charge on any atom is 0.156 e. The van der Waals surface area contributed by atoms with Crippen LogP contribution in [0.5, 0.6) is 5.75 Å². The Morgan fingerprint density at radius 2 is 1.96 bits per heavy atom. The Kier molecular flexibility index (Phi) is 4.42. The van der Waals surface area contributed by atoms with Crippen molar-refractivity contribution in [2.75, 3.05) is 12.4 Å². The molecular weight excluding hydrogens is 342 g/mol. The second-order valence-electron chi connectivity index (χ2n) is 6.31. The zero-order valence-electron chi connectivity index (χ0n) is 15.4. The molecule has 0 saturated carbocycles. The summed E-state index contributed by atoms with van der Waals surface area (Å²) in [6.07, 6.45) is 3.36. The van der Waals surface area contributed by atoms with E-state index in [2.05, 4.69) is 25.4 Å². The molecule has 3 aromatic heterocycles. The summed E-state index contributed by atoms with van der Waals surface area (Å²) in [5.74, 6) is 2.11. The van der Waals surface area contributed by atoms with Gasteiger partial charge in [-0.3, -0.25) is 4.98 Å². The molecule has 0 aliphatic heterocycles. The maximum atomic E-state index is 5.56. The molecule has 0 bridgehead atoms. The van der Waals surface area contributed by atoms with Crippen LogP contribution < -0.4 is 10.1 Å². The number of ether oxygens (including phenoxy) is 1. The van der Waals surface area contributed by atoms with Crippen LogP contribution in [-0.4, -0.2) is 27.2 Å². The lowest BCUT2D eigenvalue weighted by Crippen LogP contribution is -2.02. The Balaban J connectivity index is 1.77. The summed E-state index contributed by atoms with van der Waals surface area (Å²) in [7, 11) is 1.63. The molecule has 4 aromatic rings. The molecule has 136 valence electrons. The third-order valence-electron chi connectivity index (χ3n) is 4.24. The minimum absolute atomic E-state index is 0.474. The molecule has 7 nitrogen and oxygen atoms in total. The number of pyridine rings is 1. The minimum atomic E-state index is 0.474. The highest BCUT2D eigenvalue weighted by Crippen LogP contribution is 2.33. The van der Waals surface area contributed by atoms with E-state index in [1.54, 1.807) is 7.11 Å². The largest absolute Gasteiger partial charge is 0.494 e. The Hall–Kier alpha value is -3.48. The maximum absolute atomic E-state index is 5.56. The number of hydrogen-bond donors (Lipinski definition) is 1. The van der Waals surface area contributed by atoms with E-state index in [-0.39, 0.29) is 0 Å². The zero-order valence-corrected chi connectivity index (χ0v) is 15.4. The second kappa shape index (κ2) is 7.03. The van der Waals surface area contributed by atoms with Crippen molar-refractivity contribution in [1.82, 2.24) is 20.1 Å². The van der Waals surface area contributed by atoms with E-state index >= 15 is 0 Å². The van der Waals surface area contributed by atoms with Gasteiger partial charge in [-0.2, -0.15) is 0 Å². The molecule has 1 N–H and O–H groups in total. The smallest absolute Gasteiger partial charge is 0.156 e. The van der Waals surface area contributed by atoms with Crippen LogP contribution in [-0.2, 0) is 6.54 Å². The molecule has 0 saturated heterocycles. The fraction of sp³-hybridized carbons (Fsp3) is 0.200. The van der Waals surface area contributed by atoms with Gasteiger partial charge in [-0.15, -0.1) is 0 Å². The van der Waals surface area contributed by atoms with Gasteiger partial charge >= 0.3 is 0 Å². The van der Waals surface area contributed by atoms with Gasteiger partial charge in [0.15, 0.2) is 5.76 Å². The summed E-state index contributed by atoms with van der Waals surface area (Å²) in [6, 6.07) is 9.87. The fourth-order valence-corrected chi connectivity index (χ4v) is 2.89. The number of nitrogens with zero attached hydrogens (tertiary/aromatic N) is 4. The van der Waals surface area contributed by atoms with Gasteiger partial charge in [-0.05, 0) is 37.6 Å². The first kappa shape index (κ1) is 17.0. The lowest BCUT2D eigenvalue weighted by atomic mass is 10.1. The molecule has 0 atom stereocenters. The molecule has 0 radical (unpaired) electrons. The summed E-state index contributed by atoms with van der Waals surface area (Å²) in [6.45, 7) is 4.37. The predicted molar refractivity (Wildman–Crippen MR) is 103 cm³/mol. The number of benzene rings is 1. The van der Waals surface area contributed by atoms with Crippen molar-refractivity contribution in [3.63, 3.8) is 0 Å². The molecule has 1 aromatic carbocycles. The Morgan fingerprint density at radius 1 is 1.07 bits per heavy atom. The summed E-state index contributed by atoms with van der Waals surface area (Å²) in [5.41, 5.74) is 4.49. The fourth-order valence-electron chi connectivity index (χ4n) is 2.89. The topological polar surface area (TPSA) is 86.0 Å². The first-order valence-corrected chi connectivity index (χ1v) is 8.56. The molecule has 7 heteroatoms. The number of rotatable bonds is 5. The van der Waals surface area contributed by atoms with Gasteiger partial charge in [0, 0.05) is 23.2 Å². The van der Waals surface area contributed by atoms with E-state index < -0.39 is 0 Å². The SMILES string of the molecule is COc1cc(-c2ccc(C)cn2)cc2c(NCc3cc(C)no3)ncnc12. The molecular formula is C20H19N5O2. The standard InChI is InChI=1S/C20H19N5O2/c1-12-4-5-17(21-9-12)14-7-16-19(18(8-14)26-3)23-11-24-20(16)22-10-15-6-13(2)25-27-15/h4-9,11H,10H2,1-3H3,(H,22,23,24). The lowest BCUT2D eigenvalue weighted by molar-refractivity contribution is 0.384. The van der Waals surface area contributed by atoms with Crippen LogP contribution in [0, 0.1) is 13.8 Å². The molecule has 0 amide bonds. The highest BCUT2D eigenvalue weighted by molar-refractivity contribution is 5.96. The third kappa shape index (κ3) is 3.44. The van der Waals surface area contributed by atoms with E-state index in [1.807, 2.05) is 50.4 Å².